The first kappa shape index (κ1) is 14.8. The van der Waals surface area contributed by atoms with E-state index in [-0.39, 0.29) is 24.5 Å². The fourth-order valence-corrected chi connectivity index (χ4v) is 1.84. The second kappa shape index (κ2) is 6.58. The number of carbonyl (C=O) groups is 2. The number of nitrogens with one attached hydrogen (secondary N) is 1. The minimum absolute atomic E-state index is 0.0110. The third-order valence-electron chi connectivity index (χ3n) is 3.28. The highest BCUT2D eigenvalue weighted by Gasteiger charge is 2.34. The van der Waals surface area contributed by atoms with Crippen LogP contribution in [0.5, 0.6) is 0 Å². The number of rotatable bonds is 7. The third-order valence-corrected chi connectivity index (χ3v) is 3.28. The molecule has 1 rings (SSSR count). The molecule has 0 aliphatic heterocycles. The van der Waals surface area contributed by atoms with Gasteiger partial charge >= 0.3 is 12.0 Å². The molecule has 0 aromatic carbocycles. The maximum Gasteiger partial charge on any atom is 0.317 e. The average Bonchev–Trinajstić information content (AvgIpc) is 3.10. The Labute approximate surface area is 107 Å². The van der Waals surface area contributed by atoms with Crippen molar-refractivity contribution >= 4 is 12.0 Å². The van der Waals surface area contributed by atoms with Crippen LogP contribution in [0.1, 0.15) is 26.2 Å². The monoisotopic (exact) mass is 258 g/mol. The molecule has 2 amide bonds. The van der Waals surface area contributed by atoms with Gasteiger partial charge in [0, 0.05) is 20.2 Å². The molecule has 0 heterocycles. The second-order valence-electron chi connectivity index (χ2n) is 4.91. The van der Waals surface area contributed by atoms with Crippen molar-refractivity contribution in [2.45, 2.75) is 38.3 Å². The second-order valence-corrected chi connectivity index (χ2v) is 4.91. The number of hydrogen-bond acceptors (Lipinski definition) is 3. The van der Waals surface area contributed by atoms with E-state index in [1.54, 1.807) is 19.1 Å². The van der Waals surface area contributed by atoms with Gasteiger partial charge in [-0.3, -0.25) is 4.79 Å². The minimum atomic E-state index is -0.875. The minimum Gasteiger partial charge on any atom is -0.481 e. The summed E-state index contributed by atoms with van der Waals surface area (Å²) in [7, 11) is 3.27. The van der Waals surface area contributed by atoms with Gasteiger partial charge in [0.15, 0.2) is 0 Å². The largest absolute Gasteiger partial charge is 0.481 e. The van der Waals surface area contributed by atoms with Crippen molar-refractivity contribution in [3.8, 4) is 0 Å². The van der Waals surface area contributed by atoms with Crippen molar-refractivity contribution in [3.05, 3.63) is 0 Å². The Kier molecular flexibility index (Phi) is 5.40. The third kappa shape index (κ3) is 4.52. The lowest BCUT2D eigenvalue weighted by molar-refractivity contribution is -0.137. The Morgan fingerprint density at radius 2 is 2.11 bits per heavy atom. The van der Waals surface area contributed by atoms with Gasteiger partial charge < -0.3 is 20.1 Å². The van der Waals surface area contributed by atoms with Crippen LogP contribution < -0.4 is 5.32 Å². The predicted molar refractivity (Wildman–Crippen MR) is 66.4 cm³/mol. The Hall–Kier alpha value is -1.30. The van der Waals surface area contributed by atoms with Crippen LogP contribution in [-0.2, 0) is 9.53 Å². The van der Waals surface area contributed by atoms with Crippen molar-refractivity contribution in [1.82, 2.24) is 10.2 Å². The predicted octanol–water partition coefficient (Wildman–Crippen LogP) is 0.916. The van der Waals surface area contributed by atoms with Crippen LogP contribution in [0.25, 0.3) is 0 Å². The zero-order valence-corrected chi connectivity index (χ0v) is 11.2. The number of methoxy groups -OCH3 is 1. The van der Waals surface area contributed by atoms with Crippen LogP contribution in [0.3, 0.4) is 0 Å². The lowest BCUT2D eigenvalue weighted by Gasteiger charge is -2.27. The molecule has 18 heavy (non-hydrogen) atoms. The van der Waals surface area contributed by atoms with Gasteiger partial charge in [0.25, 0.3) is 0 Å². The Bertz CT molecular complexity index is 304. The Morgan fingerprint density at radius 3 is 2.56 bits per heavy atom. The van der Waals surface area contributed by atoms with Crippen LogP contribution in [-0.4, -0.2) is 54.9 Å². The Balaban J connectivity index is 2.47. The molecule has 0 aromatic heterocycles. The van der Waals surface area contributed by atoms with E-state index in [4.69, 9.17) is 9.84 Å². The molecular weight excluding hydrogens is 236 g/mol. The summed E-state index contributed by atoms with van der Waals surface area (Å²) >= 11 is 0. The molecule has 1 aliphatic carbocycles. The maximum absolute atomic E-state index is 11.9. The summed E-state index contributed by atoms with van der Waals surface area (Å²) in [6.45, 7) is 2.34. The average molecular weight is 258 g/mol. The topological polar surface area (TPSA) is 78.9 Å². The van der Waals surface area contributed by atoms with Gasteiger partial charge in [0.05, 0.1) is 19.1 Å². The summed E-state index contributed by atoms with van der Waals surface area (Å²) in [5, 5.41) is 11.6. The summed E-state index contributed by atoms with van der Waals surface area (Å²) in [5.74, 6) is -0.559. The van der Waals surface area contributed by atoms with Crippen LogP contribution >= 0.6 is 0 Å². The highest BCUT2D eigenvalue weighted by molar-refractivity contribution is 5.76. The lowest BCUT2D eigenvalue weighted by Crippen LogP contribution is -2.48. The van der Waals surface area contributed by atoms with E-state index in [0.717, 1.165) is 12.8 Å². The maximum atomic E-state index is 11.9. The first-order valence-electron chi connectivity index (χ1n) is 6.19. The quantitative estimate of drug-likeness (QED) is 0.711. The van der Waals surface area contributed by atoms with Crippen molar-refractivity contribution in [2.24, 2.45) is 5.92 Å². The molecule has 0 radical (unpaired) electrons. The van der Waals surface area contributed by atoms with E-state index < -0.39 is 5.97 Å². The number of likely N-dealkylation sites (N-methyl/N-ethyl adjacent to an activating group) is 1. The molecule has 1 aliphatic rings. The van der Waals surface area contributed by atoms with Gasteiger partial charge in [-0.05, 0) is 25.7 Å². The molecule has 104 valence electrons. The number of carbonyl (C=O) groups excluding carboxylic acids is 1. The number of carboxylic acids is 1. The van der Waals surface area contributed by atoms with E-state index in [1.165, 1.54) is 0 Å². The summed E-state index contributed by atoms with van der Waals surface area (Å²) < 4.78 is 4.99. The van der Waals surface area contributed by atoms with Gasteiger partial charge in [0.1, 0.15) is 0 Å². The van der Waals surface area contributed by atoms with Crippen LogP contribution in [0.2, 0.25) is 0 Å². The van der Waals surface area contributed by atoms with Crippen molar-refractivity contribution < 1.29 is 19.4 Å². The number of urea groups is 1. The molecule has 6 heteroatoms. The standard InChI is InChI=1S/C12H22N2O4/c1-8(7-18-3)14(2)12(17)13-10(6-11(15)16)9-4-5-9/h8-10H,4-7H2,1-3H3,(H,13,17)(H,15,16). The van der Waals surface area contributed by atoms with E-state index >= 15 is 0 Å². The summed E-state index contributed by atoms with van der Waals surface area (Å²) in [6.07, 6.45) is 1.98. The fourth-order valence-electron chi connectivity index (χ4n) is 1.84. The number of hydrogen-bond donors (Lipinski definition) is 2. The SMILES string of the molecule is COCC(C)N(C)C(=O)NC(CC(=O)O)C1CC1. The van der Waals surface area contributed by atoms with E-state index in [1.807, 2.05) is 6.92 Å². The van der Waals surface area contributed by atoms with Gasteiger partial charge in [0.2, 0.25) is 0 Å². The summed E-state index contributed by atoms with van der Waals surface area (Å²) in [4.78, 5) is 24.2. The van der Waals surface area contributed by atoms with E-state index in [9.17, 15) is 9.59 Å². The molecule has 2 N–H and O–H groups in total. The molecule has 0 spiro atoms. The fraction of sp³-hybridized carbons (Fsp3) is 0.833. The van der Waals surface area contributed by atoms with E-state index in [0.29, 0.717) is 12.5 Å². The first-order valence-corrected chi connectivity index (χ1v) is 6.19. The number of nitrogens with zero attached hydrogens (tertiary/aromatic N) is 1. The highest BCUT2D eigenvalue weighted by atomic mass is 16.5. The van der Waals surface area contributed by atoms with Crippen LogP contribution in [0, 0.1) is 5.92 Å². The molecule has 2 atom stereocenters. The van der Waals surface area contributed by atoms with Crippen molar-refractivity contribution in [1.29, 1.82) is 0 Å². The molecule has 1 saturated carbocycles. The Morgan fingerprint density at radius 1 is 1.50 bits per heavy atom. The first-order chi connectivity index (χ1) is 8.45. The molecular formula is C12H22N2O4. The summed E-state index contributed by atoms with van der Waals surface area (Å²) in [5.41, 5.74) is 0. The van der Waals surface area contributed by atoms with Crippen LogP contribution in [0.15, 0.2) is 0 Å². The van der Waals surface area contributed by atoms with Crippen LogP contribution in [0.4, 0.5) is 4.79 Å². The molecule has 1 fully saturated rings. The molecule has 0 aromatic rings. The zero-order valence-electron chi connectivity index (χ0n) is 11.2. The molecule has 0 bridgehead atoms. The van der Waals surface area contributed by atoms with E-state index in [2.05, 4.69) is 5.32 Å². The van der Waals surface area contributed by atoms with Gasteiger partial charge in [-0.25, -0.2) is 4.79 Å². The molecule has 2 unspecified atom stereocenters. The summed E-state index contributed by atoms with van der Waals surface area (Å²) in [6, 6.07) is -0.537. The number of aliphatic carboxylic acids is 1. The number of carboxylic acid groups (broad SMARTS) is 1. The number of ether oxygens (including phenoxy) is 1. The molecule has 6 nitrogen and oxygen atoms in total. The lowest BCUT2D eigenvalue weighted by atomic mass is 10.1. The smallest absolute Gasteiger partial charge is 0.317 e. The molecule has 0 saturated heterocycles. The van der Waals surface area contributed by atoms with Gasteiger partial charge in [-0.15, -0.1) is 0 Å². The van der Waals surface area contributed by atoms with Crippen molar-refractivity contribution in [3.63, 3.8) is 0 Å². The van der Waals surface area contributed by atoms with Gasteiger partial charge in [-0.1, -0.05) is 0 Å². The highest BCUT2D eigenvalue weighted by Crippen LogP contribution is 2.34. The zero-order chi connectivity index (χ0) is 13.7. The number of amides is 2. The normalized spacial score (nSPS) is 17.9. The van der Waals surface area contributed by atoms with Gasteiger partial charge in [-0.2, -0.15) is 0 Å². The van der Waals surface area contributed by atoms with Crippen molar-refractivity contribution in [2.75, 3.05) is 20.8 Å².